The molecule has 0 radical (unpaired) electrons. The molecule has 0 spiro atoms. The highest BCUT2D eigenvalue weighted by atomic mass is 16.5. The zero-order valence-corrected chi connectivity index (χ0v) is 14.7. The van der Waals surface area contributed by atoms with Gasteiger partial charge in [0.2, 0.25) is 0 Å². The van der Waals surface area contributed by atoms with E-state index in [1.165, 1.54) is 5.56 Å². The van der Waals surface area contributed by atoms with Crippen LogP contribution in [-0.4, -0.2) is 6.03 Å². The summed E-state index contributed by atoms with van der Waals surface area (Å²) in [6.45, 7) is 3.05. The Kier molecular flexibility index (Phi) is 5.88. The number of anilines is 1. The van der Waals surface area contributed by atoms with E-state index in [1.807, 2.05) is 85.8 Å². The second-order valence-electron chi connectivity index (χ2n) is 6.09. The van der Waals surface area contributed by atoms with Gasteiger partial charge in [-0.1, -0.05) is 60.2 Å². The maximum atomic E-state index is 12.0. The van der Waals surface area contributed by atoms with Crippen LogP contribution < -0.4 is 15.4 Å². The summed E-state index contributed by atoms with van der Waals surface area (Å²) in [5.74, 6) is 0.763. The van der Waals surface area contributed by atoms with Crippen molar-refractivity contribution in [2.75, 3.05) is 5.32 Å². The Labute approximate surface area is 153 Å². The van der Waals surface area contributed by atoms with Crippen LogP contribution in [-0.2, 0) is 13.2 Å². The van der Waals surface area contributed by atoms with Gasteiger partial charge in [-0.05, 0) is 42.3 Å². The van der Waals surface area contributed by atoms with E-state index in [0.717, 1.165) is 22.6 Å². The summed E-state index contributed by atoms with van der Waals surface area (Å²) in [5, 5.41) is 5.67. The standard InChI is InChI=1S/C22H22N2O2/c1-17-7-9-18(10-8-17)15-23-22(25)24-20-11-13-21(14-12-20)26-16-19-5-3-2-4-6-19/h2-14H,15-16H2,1H3,(H2,23,24,25). The van der Waals surface area contributed by atoms with Crippen LogP contribution >= 0.6 is 0 Å². The topological polar surface area (TPSA) is 50.4 Å². The summed E-state index contributed by atoms with van der Waals surface area (Å²) >= 11 is 0. The first-order valence-corrected chi connectivity index (χ1v) is 8.56. The number of nitrogens with one attached hydrogen (secondary N) is 2. The average Bonchev–Trinajstić information content (AvgIpc) is 2.68. The number of amides is 2. The van der Waals surface area contributed by atoms with Crippen LogP contribution in [0.25, 0.3) is 0 Å². The van der Waals surface area contributed by atoms with Gasteiger partial charge in [0.25, 0.3) is 0 Å². The minimum absolute atomic E-state index is 0.233. The van der Waals surface area contributed by atoms with E-state index in [0.29, 0.717) is 13.2 Å². The first-order chi connectivity index (χ1) is 12.7. The van der Waals surface area contributed by atoms with Crippen molar-refractivity contribution in [1.82, 2.24) is 5.32 Å². The van der Waals surface area contributed by atoms with Gasteiger partial charge in [-0.2, -0.15) is 0 Å². The molecule has 0 saturated heterocycles. The largest absolute Gasteiger partial charge is 0.489 e. The fourth-order valence-electron chi connectivity index (χ4n) is 2.44. The summed E-state index contributed by atoms with van der Waals surface area (Å²) in [6.07, 6.45) is 0. The molecule has 0 aliphatic heterocycles. The molecule has 0 aliphatic rings. The zero-order valence-electron chi connectivity index (χ0n) is 14.7. The Morgan fingerprint density at radius 1 is 0.846 bits per heavy atom. The second-order valence-corrected chi connectivity index (χ2v) is 6.09. The molecule has 3 aromatic rings. The zero-order chi connectivity index (χ0) is 18.2. The lowest BCUT2D eigenvalue weighted by Gasteiger charge is -2.10. The number of urea groups is 1. The summed E-state index contributed by atoms with van der Waals surface area (Å²) in [7, 11) is 0. The predicted molar refractivity (Wildman–Crippen MR) is 104 cm³/mol. The number of rotatable bonds is 6. The van der Waals surface area contributed by atoms with Crippen molar-refractivity contribution in [3.05, 3.63) is 95.6 Å². The summed E-state index contributed by atoms with van der Waals surface area (Å²) in [4.78, 5) is 12.0. The SMILES string of the molecule is Cc1ccc(CNC(=O)Nc2ccc(OCc3ccccc3)cc2)cc1. The van der Waals surface area contributed by atoms with Crippen LogP contribution in [0.5, 0.6) is 5.75 Å². The molecule has 132 valence electrons. The van der Waals surface area contributed by atoms with Crippen LogP contribution in [0.4, 0.5) is 10.5 Å². The number of carbonyl (C=O) groups excluding carboxylic acids is 1. The van der Waals surface area contributed by atoms with Crippen molar-refractivity contribution < 1.29 is 9.53 Å². The smallest absolute Gasteiger partial charge is 0.319 e. The fourth-order valence-corrected chi connectivity index (χ4v) is 2.44. The first kappa shape index (κ1) is 17.5. The third-order valence-corrected chi connectivity index (χ3v) is 3.93. The fraction of sp³-hybridized carbons (Fsp3) is 0.136. The van der Waals surface area contributed by atoms with Crippen LogP contribution in [0.1, 0.15) is 16.7 Å². The Bertz CT molecular complexity index is 828. The van der Waals surface area contributed by atoms with E-state index in [1.54, 1.807) is 0 Å². The minimum atomic E-state index is -0.233. The molecule has 2 amide bonds. The van der Waals surface area contributed by atoms with E-state index in [2.05, 4.69) is 10.6 Å². The minimum Gasteiger partial charge on any atom is -0.489 e. The molecule has 3 rings (SSSR count). The average molecular weight is 346 g/mol. The van der Waals surface area contributed by atoms with Crippen molar-refractivity contribution in [2.45, 2.75) is 20.1 Å². The van der Waals surface area contributed by atoms with E-state index < -0.39 is 0 Å². The van der Waals surface area contributed by atoms with Crippen molar-refractivity contribution in [1.29, 1.82) is 0 Å². The van der Waals surface area contributed by atoms with Crippen LogP contribution in [0.15, 0.2) is 78.9 Å². The van der Waals surface area contributed by atoms with Gasteiger partial charge in [0.1, 0.15) is 12.4 Å². The molecule has 0 heterocycles. The molecule has 2 N–H and O–H groups in total. The van der Waals surface area contributed by atoms with E-state index in [-0.39, 0.29) is 6.03 Å². The van der Waals surface area contributed by atoms with Gasteiger partial charge in [-0.15, -0.1) is 0 Å². The second kappa shape index (κ2) is 8.72. The van der Waals surface area contributed by atoms with Crippen molar-refractivity contribution in [3.8, 4) is 5.75 Å². The number of hydrogen-bond acceptors (Lipinski definition) is 2. The molecule has 4 heteroatoms. The predicted octanol–water partition coefficient (Wildman–Crippen LogP) is 4.90. The third kappa shape index (κ3) is 5.38. The normalized spacial score (nSPS) is 10.2. The molecule has 0 bridgehead atoms. The number of hydrogen-bond donors (Lipinski definition) is 2. The monoisotopic (exact) mass is 346 g/mol. The number of carbonyl (C=O) groups is 1. The van der Waals surface area contributed by atoms with Crippen molar-refractivity contribution >= 4 is 11.7 Å². The van der Waals surface area contributed by atoms with Gasteiger partial charge < -0.3 is 15.4 Å². The van der Waals surface area contributed by atoms with E-state index in [4.69, 9.17) is 4.74 Å². The summed E-state index contributed by atoms with van der Waals surface area (Å²) in [6, 6.07) is 25.2. The molecule has 0 aromatic heterocycles. The van der Waals surface area contributed by atoms with Crippen molar-refractivity contribution in [3.63, 3.8) is 0 Å². The molecule has 0 fully saturated rings. The molecule has 26 heavy (non-hydrogen) atoms. The number of ether oxygens (including phenoxy) is 1. The Balaban J connectivity index is 1.45. The molecular weight excluding hydrogens is 324 g/mol. The van der Waals surface area contributed by atoms with Crippen LogP contribution in [0.2, 0.25) is 0 Å². The van der Waals surface area contributed by atoms with Gasteiger partial charge in [-0.25, -0.2) is 4.79 Å². The molecule has 0 saturated carbocycles. The Morgan fingerprint density at radius 2 is 1.54 bits per heavy atom. The molecule has 0 atom stereocenters. The maximum absolute atomic E-state index is 12.0. The lowest BCUT2D eigenvalue weighted by molar-refractivity contribution is 0.251. The summed E-state index contributed by atoms with van der Waals surface area (Å²) < 4.78 is 5.74. The third-order valence-electron chi connectivity index (χ3n) is 3.93. The van der Waals surface area contributed by atoms with Gasteiger partial charge in [0.05, 0.1) is 0 Å². The molecule has 0 aliphatic carbocycles. The van der Waals surface area contributed by atoms with Gasteiger partial charge in [-0.3, -0.25) is 0 Å². The van der Waals surface area contributed by atoms with Crippen LogP contribution in [0, 0.1) is 6.92 Å². The summed E-state index contributed by atoms with van der Waals surface area (Å²) in [5.41, 5.74) is 4.10. The molecule has 4 nitrogen and oxygen atoms in total. The molecule has 0 unspecified atom stereocenters. The highest BCUT2D eigenvalue weighted by Crippen LogP contribution is 2.17. The van der Waals surface area contributed by atoms with Crippen molar-refractivity contribution in [2.24, 2.45) is 0 Å². The molecule has 3 aromatic carbocycles. The quantitative estimate of drug-likeness (QED) is 0.667. The van der Waals surface area contributed by atoms with Gasteiger partial charge in [0, 0.05) is 12.2 Å². The number of benzene rings is 3. The Morgan fingerprint density at radius 3 is 2.23 bits per heavy atom. The van der Waals surface area contributed by atoms with Gasteiger partial charge in [0.15, 0.2) is 0 Å². The highest BCUT2D eigenvalue weighted by molar-refractivity contribution is 5.89. The first-order valence-electron chi connectivity index (χ1n) is 8.56. The maximum Gasteiger partial charge on any atom is 0.319 e. The number of aryl methyl sites for hydroxylation is 1. The Hall–Kier alpha value is -3.27. The lowest BCUT2D eigenvalue weighted by Crippen LogP contribution is -2.28. The van der Waals surface area contributed by atoms with Gasteiger partial charge >= 0.3 is 6.03 Å². The van der Waals surface area contributed by atoms with E-state index in [9.17, 15) is 4.79 Å². The highest BCUT2D eigenvalue weighted by Gasteiger charge is 2.03. The van der Waals surface area contributed by atoms with E-state index >= 15 is 0 Å². The molecular formula is C22H22N2O2. The van der Waals surface area contributed by atoms with Crippen LogP contribution in [0.3, 0.4) is 0 Å². The lowest BCUT2D eigenvalue weighted by atomic mass is 10.1.